The van der Waals surface area contributed by atoms with E-state index in [0.717, 1.165) is 11.4 Å². The molecular formula is C18H18N4O2. The third kappa shape index (κ3) is 3.60. The number of nitrogens with zero attached hydrogens (tertiary/aromatic N) is 2. The van der Waals surface area contributed by atoms with Crippen LogP contribution in [-0.2, 0) is 6.42 Å². The van der Waals surface area contributed by atoms with Crippen molar-refractivity contribution in [2.75, 3.05) is 13.7 Å². The minimum atomic E-state index is -0.171. The number of aromatic amines is 1. The first-order chi connectivity index (χ1) is 11.8. The Bertz CT molecular complexity index is 815. The lowest BCUT2D eigenvalue weighted by molar-refractivity contribution is 0.0951. The van der Waals surface area contributed by atoms with Crippen LogP contribution in [-0.4, -0.2) is 34.7 Å². The second-order valence-corrected chi connectivity index (χ2v) is 5.18. The van der Waals surface area contributed by atoms with Gasteiger partial charge in [0.25, 0.3) is 5.91 Å². The number of nitrogens with one attached hydrogen (secondary N) is 2. The molecule has 0 aliphatic rings. The van der Waals surface area contributed by atoms with Gasteiger partial charge in [-0.15, -0.1) is 0 Å². The van der Waals surface area contributed by atoms with E-state index in [1.165, 1.54) is 0 Å². The van der Waals surface area contributed by atoms with E-state index in [1.807, 2.05) is 36.4 Å². The Hall–Kier alpha value is -3.15. The summed E-state index contributed by atoms with van der Waals surface area (Å²) >= 11 is 0. The molecule has 0 atom stereocenters. The standard InChI is InChI=1S/C18H18N4O2/c1-24-15-10-6-5-9-14(15)18(23)19-12-11-16-20-17(22-21-16)13-7-3-2-4-8-13/h2-10H,11-12H2,1H3,(H,19,23)(H,20,21,22). The van der Waals surface area contributed by atoms with Crippen molar-refractivity contribution in [1.29, 1.82) is 0 Å². The summed E-state index contributed by atoms with van der Waals surface area (Å²) in [5, 5.41) is 9.97. The maximum absolute atomic E-state index is 12.2. The van der Waals surface area contributed by atoms with Crippen molar-refractivity contribution in [1.82, 2.24) is 20.5 Å². The summed E-state index contributed by atoms with van der Waals surface area (Å²) in [7, 11) is 1.55. The van der Waals surface area contributed by atoms with Crippen molar-refractivity contribution in [3.63, 3.8) is 0 Å². The van der Waals surface area contributed by atoms with Crippen molar-refractivity contribution in [3.8, 4) is 17.1 Å². The lowest BCUT2D eigenvalue weighted by Crippen LogP contribution is -2.26. The Kier molecular flexibility index (Phi) is 4.86. The molecule has 122 valence electrons. The first kappa shape index (κ1) is 15.7. The minimum Gasteiger partial charge on any atom is -0.496 e. The van der Waals surface area contributed by atoms with Crippen LogP contribution in [0.4, 0.5) is 0 Å². The summed E-state index contributed by atoms with van der Waals surface area (Å²) in [6.07, 6.45) is 0.570. The first-order valence-corrected chi connectivity index (χ1v) is 7.66. The Morgan fingerprint density at radius 1 is 1.12 bits per heavy atom. The molecule has 0 aliphatic heterocycles. The van der Waals surface area contributed by atoms with Crippen LogP contribution in [0.25, 0.3) is 11.4 Å². The van der Waals surface area contributed by atoms with Gasteiger partial charge in [-0.25, -0.2) is 4.98 Å². The quantitative estimate of drug-likeness (QED) is 0.730. The van der Waals surface area contributed by atoms with Gasteiger partial charge < -0.3 is 10.1 Å². The highest BCUT2D eigenvalue weighted by molar-refractivity contribution is 5.96. The molecule has 3 rings (SSSR count). The lowest BCUT2D eigenvalue weighted by atomic mass is 10.2. The molecule has 0 saturated carbocycles. The zero-order chi connectivity index (χ0) is 16.8. The third-order valence-electron chi connectivity index (χ3n) is 3.56. The maximum Gasteiger partial charge on any atom is 0.255 e. The van der Waals surface area contributed by atoms with Crippen molar-refractivity contribution in [3.05, 3.63) is 66.0 Å². The van der Waals surface area contributed by atoms with Gasteiger partial charge in [-0.1, -0.05) is 42.5 Å². The number of para-hydroxylation sites is 1. The van der Waals surface area contributed by atoms with E-state index in [1.54, 1.807) is 25.3 Å². The summed E-state index contributed by atoms with van der Waals surface area (Å²) in [6, 6.07) is 16.9. The van der Waals surface area contributed by atoms with E-state index in [0.29, 0.717) is 30.1 Å². The molecule has 1 heterocycles. The van der Waals surface area contributed by atoms with Crippen molar-refractivity contribution < 1.29 is 9.53 Å². The molecule has 2 aromatic carbocycles. The Morgan fingerprint density at radius 2 is 1.88 bits per heavy atom. The molecule has 6 heteroatoms. The highest BCUT2D eigenvalue weighted by Crippen LogP contribution is 2.17. The molecule has 0 radical (unpaired) electrons. The topological polar surface area (TPSA) is 79.9 Å². The Morgan fingerprint density at radius 3 is 2.67 bits per heavy atom. The van der Waals surface area contributed by atoms with Crippen LogP contribution in [0.1, 0.15) is 16.2 Å². The molecule has 1 amide bonds. The van der Waals surface area contributed by atoms with E-state index in [9.17, 15) is 4.79 Å². The molecule has 0 fully saturated rings. The fourth-order valence-electron chi connectivity index (χ4n) is 2.35. The summed E-state index contributed by atoms with van der Waals surface area (Å²) < 4.78 is 5.19. The molecule has 0 unspecified atom stereocenters. The third-order valence-corrected chi connectivity index (χ3v) is 3.56. The zero-order valence-electron chi connectivity index (χ0n) is 13.3. The Labute approximate surface area is 139 Å². The van der Waals surface area contributed by atoms with Crippen LogP contribution >= 0.6 is 0 Å². The van der Waals surface area contributed by atoms with E-state index in [-0.39, 0.29) is 5.91 Å². The number of amides is 1. The van der Waals surface area contributed by atoms with Crippen LogP contribution in [0.15, 0.2) is 54.6 Å². The lowest BCUT2D eigenvalue weighted by Gasteiger charge is -2.08. The van der Waals surface area contributed by atoms with Crippen molar-refractivity contribution in [2.24, 2.45) is 0 Å². The number of benzene rings is 2. The van der Waals surface area contributed by atoms with Crippen LogP contribution in [0.5, 0.6) is 5.75 Å². The normalized spacial score (nSPS) is 10.4. The summed E-state index contributed by atoms with van der Waals surface area (Å²) in [5.74, 6) is 1.77. The van der Waals surface area contributed by atoms with Gasteiger partial charge in [-0.2, -0.15) is 5.10 Å². The van der Waals surface area contributed by atoms with Crippen LogP contribution in [0.3, 0.4) is 0 Å². The SMILES string of the molecule is COc1ccccc1C(=O)NCCc1nc(-c2ccccc2)n[nH]1. The summed E-state index contributed by atoms with van der Waals surface area (Å²) in [6.45, 7) is 0.459. The number of carbonyl (C=O) groups excluding carboxylic acids is 1. The Balaban J connectivity index is 1.57. The van der Waals surface area contributed by atoms with Gasteiger partial charge in [0.1, 0.15) is 11.6 Å². The average molecular weight is 322 g/mol. The number of methoxy groups -OCH3 is 1. The molecule has 0 saturated heterocycles. The number of hydrogen-bond acceptors (Lipinski definition) is 4. The molecule has 1 aromatic heterocycles. The van der Waals surface area contributed by atoms with E-state index >= 15 is 0 Å². The monoisotopic (exact) mass is 322 g/mol. The number of aromatic nitrogens is 3. The van der Waals surface area contributed by atoms with E-state index in [4.69, 9.17) is 4.74 Å². The van der Waals surface area contributed by atoms with Gasteiger partial charge in [0.05, 0.1) is 12.7 Å². The first-order valence-electron chi connectivity index (χ1n) is 7.66. The number of hydrogen-bond donors (Lipinski definition) is 2. The van der Waals surface area contributed by atoms with Crippen LogP contribution in [0.2, 0.25) is 0 Å². The van der Waals surface area contributed by atoms with Gasteiger partial charge in [0.2, 0.25) is 0 Å². The molecule has 3 aromatic rings. The van der Waals surface area contributed by atoms with Crippen molar-refractivity contribution >= 4 is 5.91 Å². The number of rotatable bonds is 6. The number of ether oxygens (including phenoxy) is 1. The largest absolute Gasteiger partial charge is 0.496 e. The minimum absolute atomic E-state index is 0.171. The molecular weight excluding hydrogens is 304 g/mol. The van der Waals surface area contributed by atoms with Gasteiger partial charge in [0.15, 0.2) is 5.82 Å². The van der Waals surface area contributed by atoms with Gasteiger partial charge in [-0.3, -0.25) is 9.89 Å². The molecule has 0 aliphatic carbocycles. The highest BCUT2D eigenvalue weighted by Gasteiger charge is 2.11. The van der Waals surface area contributed by atoms with Gasteiger partial charge >= 0.3 is 0 Å². The number of carbonyl (C=O) groups is 1. The zero-order valence-corrected chi connectivity index (χ0v) is 13.3. The molecule has 6 nitrogen and oxygen atoms in total. The summed E-state index contributed by atoms with van der Waals surface area (Å²) in [4.78, 5) is 16.6. The van der Waals surface area contributed by atoms with Gasteiger partial charge in [-0.05, 0) is 12.1 Å². The van der Waals surface area contributed by atoms with Crippen LogP contribution in [0, 0.1) is 0 Å². The fourth-order valence-corrected chi connectivity index (χ4v) is 2.35. The molecule has 24 heavy (non-hydrogen) atoms. The molecule has 2 N–H and O–H groups in total. The fraction of sp³-hybridized carbons (Fsp3) is 0.167. The summed E-state index contributed by atoms with van der Waals surface area (Å²) in [5.41, 5.74) is 1.47. The number of H-pyrrole nitrogens is 1. The highest BCUT2D eigenvalue weighted by atomic mass is 16.5. The maximum atomic E-state index is 12.2. The van der Waals surface area contributed by atoms with Crippen LogP contribution < -0.4 is 10.1 Å². The van der Waals surface area contributed by atoms with E-state index < -0.39 is 0 Å². The molecule has 0 bridgehead atoms. The van der Waals surface area contributed by atoms with Crippen molar-refractivity contribution in [2.45, 2.75) is 6.42 Å². The van der Waals surface area contributed by atoms with Gasteiger partial charge in [0, 0.05) is 18.5 Å². The van der Waals surface area contributed by atoms with E-state index in [2.05, 4.69) is 20.5 Å². The predicted octanol–water partition coefficient (Wildman–Crippen LogP) is 2.45. The molecule has 0 spiro atoms. The second kappa shape index (κ2) is 7.41. The smallest absolute Gasteiger partial charge is 0.255 e. The second-order valence-electron chi connectivity index (χ2n) is 5.18. The predicted molar refractivity (Wildman–Crippen MR) is 90.8 cm³/mol. The average Bonchev–Trinajstić information content (AvgIpc) is 3.11.